The lowest BCUT2D eigenvalue weighted by Gasteiger charge is -2.24. The van der Waals surface area contributed by atoms with Gasteiger partial charge in [-0.05, 0) is 25.5 Å². The minimum atomic E-state index is -2.13. The molecule has 2 N–H and O–H groups in total. The fraction of sp³-hybridized carbons (Fsp3) is 0.333. The number of nitrogens with two attached hydrogens (primary N) is 1. The number of aromatic nitrogens is 2. The number of nitrogens with zero attached hydrogens (tertiary/aromatic N) is 2. The molecule has 3 rings (SSSR count). The number of aryl methyl sites for hydroxylation is 1. The van der Waals surface area contributed by atoms with Crippen molar-refractivity contribution in [2.75, 3.05) is 5.73 Å². The molecule has 1 aliphatic rings. The van der Waals surface area contributed by atoms with Crippen LogP contribution in [0.25, 0.3) is 10.9 Å². The zero-order chi connectivity index (χ0) is 18.7. The molecule has 21 heavy (non-hydrogen) atoms. The molecular formula is C15H15N3O3. The summed E-state index contributed by atoms with van der Waals surface area (Å²) in [4.78, 5) is 41.0. The van der Waals surface area contributed by atoms with Gasteiger partial charge in [0.15, 0.2) is 5.78 Å². The smallest absolute Gasteiger partial charge is 0.264 e. The van der Waals surface area contributed by atoms with Gasteiger partial charge in [0, 0.05) is 13.5 Å². The first-order chi connectivity index (χ1) is 11.6. The Balaban J connectivity index is 2.37. The number of fused-ring (bicyclic) bond motifs is 1. The van der Waals surface area contributed by atoms with E-state index < -0.39 is 42.4 Å². The summed E-state index contributed by atoms with van der Waals surface area (Å²) < 4.78 is 32.7. The van der Waals surface area contributed by atoms with Gasteiger partial charge in [-0.3, -0.25) is 19.0 Å². The number of hydrogen-bond acceptors (Lipinski definition) is 5. The lowest BCUT2D eigenvalue weighted by Crippen LogP contribution is -2.36. The van der Waals surface area contributed by atoms with E-state index in [1.165, 1.54) is 6.92 Å². The van der Waals surface area contributed by atoms with Crippen LogP contribution in [0.4, 0.5) is 5.69 Å². The third-order valence-electron chi connectivity index (χ3n) is 3.41. The summed E-state index contributed by atoms with van der Waals surface area (Å²) in [5.74, 6) is -1.38. The van der Waals surface area contributed by atoms with Crippen LogP contribution in [0.3, 0.4) is 0 Å². The fourth-order valence-corrected chi connectivity index (χ4v) is 2.42. The molecule has 6 nitrogen and oxygen atoms in total. The van der Waals surface area contributed by atoms with Crippen LogP contribution in [-0.4, -0.2) is 21.1 Å². The van der Waals surface area contributed by atoms with Crippen LogP contribution in [0.1, 0.15) is 36.6 Å². The molecular weight excluding hydrogens is 270 g/mol. The van der Waals surface area contributed by atoms with Gasteiger partial charge >= 0.3 is 0 Å². The minimum absolute atomic E-state index is 0.0131. The van der Waals surface area contributed by atoms with Crippen molar-refractivity contribution >= 4 is 28.2 Å². The van der Waals surface area contributed by atoms with Crippen molar-refractivity contribution in [3.8, 4) is 0 Å². The molecule has 6 heteroatoms. The van der Waals surface area contributed by atoms with Crippen molar-refractivity contribution < 1.29 is 15.1 Å². The Bertz CT molecular complexity index is 1000. The Morgan fingerprint density at radius 2 is 2.29 bits per heavy atom. The van der Waals surface area contributed by atoms with Crippen LogP contribution < -0.4 is 11.3 Å². The molecule has 0 radical (unpaired) electrons. The summed E-state index contributed by atoms with van der Waals surface area (Å²) in [6, 6.07) is -1.46. The Morgan fingerprint density at radius 3 is 3.05 bits per heavy atom. The largest absolute Gasteiger partial charge is 0.398 e. The quantitative estimate of drug-likeness (QED) is 0.627. The summed E-state index contributed by atoms with van der Waals surface area (Å²) in [5, 5.41) is -0.149. The molecule has 0 saturated heterocycles. The highest BCUT2D eigenvalue weighted by Gasteiger charge is 2.30. The molecule has 1 aromatic carbocycles. The lowest BCUT2D eigenvalue weighted by atomic mass is 9.92. The molecule has 0 aliphatic heterocycles. The molecule has 1 fully saturated rings. The van der Waals surface area contributed by atoms with E-state index in [9.17, 15) is 14.4 Å². The predicted molar refractivity (Wildman–Crippen MR) is 78.1 cm³/mol. The van der Waals surface area contributed by atoms with E-state index in [0.29, 0.717) is 0 Å². The first kappa shape index (κ1) is 9.44. The normalized spacial score (nSPS) is 28.9. The van der Waals surface area contributed by atoms with Gasteiger partial charge in [0.05, 0.1) is 27.5 Å². The Morgan fingerprint density at radius 1 is 1.52 bits per heavy atom. The highest BCUT2D eigenvalue weighted by Crippen LogP contribution is 2.24. The SMILES string of the molecule is [2H]c1cc(N)c2c(=O)n(C3([2H])CC([2H])C(=O)CC3=O)c(C)nc2c1[2H]. The molecule has 1 saturated carbocycles. The summed E-state index contributed by atoms with van der Waals surface area (Å²) >= 11 is 0. The maximum absolute atomic E-state index is 13.0. The van der Waals surface area contributed by atoms with E-state index in [2.05, 4.69) is 4.98 Å². The van der Waals surface area contributed by atoms with Crippen molar-refractivity contribution in [1.82, 2.24) is 9.55 Å². The van der Waals surface area contributed by atoms with Crippen molar-refractivity contribution in [3.63, 3.8) is 0 Å². The van der Waals surface area contributed by atoms with Gasteiger partial charge in [-0.15, -0.1) is 0 Å². The number of Topliss-reactive ketones (excluding diaryl/α,β-unsaturated/α-hetero) is 2. The van der Waals surface area contributed by atoms with Crippen molar-refractivity contribution in [2.24, 2.45) is 0 Å². The number of benzene rings is 1. The maximum Gasteiger partial charge on any atom is 0.264 e. The van der Waals surface area contributed by atoms with Gasteiger partial charge in [0.1, 0.15) is 11.6 Å². The zero-order valence-corrected chi connectivity index (χ0v) is 11.3. The molecule has 2 aromatic rings. The molecule has 2 atom stereocenters. The maximum atomic E-state index is 13.0. The summed E-state index contributed by atoms with van der Waals surface area (Å²) in [6.07, 6.45) is -2.33. The van der Waals surface area contributed by atoms with E-state index in [1.807, 2.05) is 0 Å². The van der Waals surface area contributed by atoms with Gasteiger partial charge in [-0.25, -0.2) is 4.98 Å². The fourth-order valence-electron chi connectivity index (χ4n) is 2.42. The van der Waals surface area contributed by atoms with Gasteiger partial charge in [-0.1, -0.05) is 6.04 Å². The third kappa shape index (κ3) is 2.12. The Hall–Kier alpha value is -2.50. The Kier molecular flexibility index (Phi) is 2.16. The standard InChI is InChI=1S/C15H15N3O3/c1-8-17-11-4-2-3-10(16)14(11)15(21)18(8)12-6-5-9(19)7-13(12)20/h2-4,12H,5-7,16H2,1H3/i2D,4D,5D,12D. The van der Waals surface area contributed by atoms with Crippen LogP contribution in [0.2, 0.25) is 0 Å². The Labute approximate surface area is 126 Å². The average Bonchev–Trinajstić information content (AvgIpc) is 2.50. The van der Waals surface area contributed by atoms with Gasteiger partial charge in [-0.2, -0.15) is 0 Å². The minimum Gasteiger partial charge on any atom is -0.398 e. The second-order valence-corrected chi connectivity index (χ2v) is 4.81. The summed E-state index contributed by atoms with van der Waals surface area (Å²) in [6.45, 7) is 1.39. The van der Waals surface area contributed by atoms with Crippen molar-refractivity contribution in [1.29, 1.82) is 0 Å². The number of hydrogen-bond donors (Lipinski definition) is 1. The van der Waals surface area contributed by atoms with Crippen LogP contribution in [0.5, 0.6) is 0 Å². The average molecular weight is 289 g/mol. The van der Waals surface area contributed by atoms with Crippen molar-refractivity contribution in [3.05, 3.63) is 34.3 Å². The molecule has 0 amide bonds. The number of carbonyl (C=O) groups excluding carboxylic acids is 2. The number of anilines is 1. The third-order valence-corrected chi connectivity index (χ3v) is 3.41. The van der Waals surface area contributed by atoms with Crippen LogP contribution >= 0.6 is 0 Å². The second kappa shape index (κ2) is 4.80. The number of carbonyl (C=O) groups is 2. The molecule has 0 spiro atoms. The number of rotatable bonds is 1. The first-order valence-electron chi connectivity index (χ1n) is 8.43. The van der Waals surface area contributed by atoms with E-state index in [4.69, 9.17) is 11.2 Å². The molecule has 0 bridgehead atoms. The molecule has 2 unspecified atom stereocenters. The van der Waals surface area contributed by atoms with Gasteiger partial charge < -0.3 is 5.73 Å². The topological polar surface area (TPSA) is 95.0 Å². The number of nitrogen functional groups attached to an aromatic ring is 1. The van der Waals surface area contributed by atoms with E-state index >= 15 is 0 Å². The molecule has 1 aromatic heterocycles. The van der Waals surface area contributed by atoms with Crippen LogP contribution in [0, 0.1) is 6.92 Å². The molecule has 108 valence electrons. The van der Waals surface area contributed by atoms with Crippen LogP contribution in [-0.2, 0) is 9.59 Å². The monoisotopic (exact) mass is 289 g/mol. The highest BCUT2D eigenvalue weighted by molar-refractivity contribution is 6.03. The van der Waals surface area contributed by atoms with E-state index in [-0.39, 0.29) is 34.5 Å². The van der Waals surface area contributed by atoms with Gasteiger partial charge in [0.25, 0.3) is 5.56 Å². The first-order valence-corrected chi connectivity index (χ1v) is 6.35. The predicted octanol–water partition coefficient (Wildman–Crippen LogP) is 1.15. The van der Waals surface area contributed by atoms with Crippen molar-refractivity contribution in [2.45, 2.75) is 32.2 Å². The van der Waals surface area contributed by atoms with E-state index in [0.717, 1.165) is 10.6 Å². The lowest BCUT2D eigenvalue weighted by molar-refractivity contribution is -0.132. The molecule has 1 aliphatic carbocycles. The number of ketones is 2. The summed E-state index contributed by atoms with van der Waals surface area (Å²) in [5.41, 5.74) is 4.86. The summed E-state index contributed by atoms with van der Waals surface area (Å²) in [7, 11) is 0. The highest BCUT2D eigenvalue weighted by atomic mass is 16.2. The van der Waals surface area contributed by atoms with Gasteiger partial charge in [0.2, 0.25) is 0 Å². The van der Waals surface area contributed by atoms with Crippen LogP contribution in [0.15, 0.2) is 22.9 Å². The second-order valence-electron chi connectivity index (χ2n) is 4.81. The zero-order valence-electron chi connectivity index (χ0n) is 15.3. The van der Waals surface area contributed by atoms with E-state index in [1.54, 1.807) is 0 Å². The molecule has 1 heterocycles.